The molecule has 4 aliphatic rings. The summed E-state index contributed by atoms with van der Waals surface area (Å²) in [6, 6.07) is 8.29. The number of allylic oxidation sites excluding steroid dienone is 4. The van der Waals surface area contributed by atoms with Gasteiger partial charge in [-0.25, -0.2) is 4.79 Å². The number of amides is 1. The molecule has 0 bridgehead atoms. The predicted octanol–water partition coefficient (Wildman–Crippen LogP) is 3.69. The van der Waals surface area contributed by atoms with Gasteiger partial charge in [0.25, 0.3) is 0 Å². The van der Waals surface area contributed by atoms with Crippen molar-refractivity contribution < 1.29 is 29.3 Å². The number of fused-ring (bicyclic) bond motifs is 5. The molecule has 3 fully saturated rings. The molecule has 0 saturated heterocycles. The van der Waals surface area contributed by atoms with Gasteiger partial charge in [-0.15, -0.1) is 0 Å². The quantitative estimate of drug-likeness (QED) is 0.569. The Balaban J connectivity index is 1.31. The van der Waals surface area contributed by atoms with Crippen molar-refractivity contribution >= 4 is 23.3 Å². The van der Waals surface area contributed by atoms with Gasteiger partial charge in [-0.3, -0.25) is 14.9 Å². The number of aliphatic hydroxyl groups excluding tert-OH is 1. The van der Waals surface area contributed by atoms with Crippen molar-refractivity contribution in [1.29, 1.82) is 5.26 Å². The van der Waals surface area contributed by atoms with E-state index in [4.69, 9.17) is 10.00 Å². The molecule has 1 aromatic rings. The van der Waals surface area contributed by atoms with Crippen LogP contribution >= 0.6 is 0 Å². The Morgan fingerprint density at radius 1 is 1.27 bits per heavy atom. The minimum Gasteiger partial charge on any atom is -0.441 e. The third-order valence-corrected chi connectivity index (χ3v) is 9.68. The van der Waals surface area contributed by atoms with Gasteiger partial charge in [-0.2, -0.15) is 5.26 Å². The molecule has 5 unspecified atom stereocenters. The monoisotopic (exact) mass is 504 g/mol. The number of benzene rings is 1. The van der Waals surface area contributed by atoms with Crippen LogP contribution in [0.1, 0.15) is 51.5 Å². The van der Waals surface area contributed by atoms with Gasteiger partial charge in [0.05, 0.1) is 17.7 Å². The van der Waals surface area contributed by atoms with E-state index >= 15 is 0 Å². The zero-order valence-corrected chi connectivity index (χ0v) is 21.1. The van der Waals surface area contributed by atoms with Crippen molar-refractivity contribution in [1.82, 2.24) is 0 Å². The first-order valence-corrected chi connectivity index (χ1v) is 12.8. The Kier molecular flexibility index (Phi) is 6.12. The molecule has 0 aromatic heterocycles. The van der Waals surface area contributed by atoms with Crippen LogP contribution in [0.4, 0.5) is 10.5 Å². The topological polar surface area (TPSA) is 137 Å². The molecule has 37 heavy (non-hydrogen) atoms. The lowest BCUT2D eigenvalue weighted by molar-refractivity contribution is -0.178. The highest BCUT2D eigenvalue weighted by Gasteiger charge is 2.68. The maximum absolute atomic E-state index is 13.3. The van der Waals surface area contributed by atoms with Crippen LogP contribution in [0.3, 0.4) is 0 Å². The Labute approximate surface area is 216 Å². The van der Waals surface area contributed by atoms with Gasteiger partial charge in [-0.1, -0.05) is 31.6 Å². The summed E-state index contributed by atoms with van der Waals surface area (Å²) < 4.78 is 5.16. The van der Waals surface area contributed by atoms with Gasteiger partial charge in [0.1, 0.15) is 5.60 Å². The van der Waals surface area contributed by atoms with Crippen molar-refractivity contribution in [3.63, 3.8) is 0 Å². The highest BCUT2D eigenvalue weighted by atomic mass is 16.6. The molecule has 1 amide bonds. The van der Waals surface area contributed by atoms with Crippen molar-refractivity contribution in [2.45, 2.75) is 57.7 Å². The average molecular weight is 505 g/mol. The molecule has 0 heterocycles. The lowest BCUT2D eigenvalue weighted by Crippen LogP contribution is -2.61. The number of nitriles is 1. The summed E-state index contributed by atoms with van der Waals surface area (Å²) in [4.78, 5) is 37.6. The molecule has 4 aliphatic carbocycles. The Hall–Kier alpha value is -3.28. The molecule has 5 rings (SSSR count). The molecule has 0 aliphatic heterocycles. The lowest BCUT2D eigenvalue weighted by Gasteiger charge is -2.59. The fraction of sp³-hybridized carbons (Fsp3) is 0.517. The zero-order valence-electron chi connectivity index (χ0n) is 21.1. The summed E-state index contributed by atoms with van der Waals surface area (Å²) in [6.07, 6.45) is 6.26. The molecule has 194 valence electrons. The van der Waals surface area contributed by atoms with Crippen molar-refractivity contribution in [3.05, 3.63) is 53.6 Å². The third kappa shape index (κ3) is 3.92. The molecule has 8 heteroatoms. The van der Waals surface area contributed by atoms with Crippen molar-refractivity contribution in [2.24, 2.45) is 28.6 Å². The van der Waals surface area contributed by atoms with Crippen molar-refractivity contribution in [2.75, 3.05) is 11.9 Å². The first-order valence-electron chi connectivity index (χ1n) is 12.8. The van der Waals surface area contributed by atoms with Crippen LogP contribution in [0, 0.1) is 39.9 Å². The number of rotatable bonds is 4. The molecule has 3 saturated carbocycles. The molecular formula is C29H32N2O6. The minimum atomic E-state index is -1.72. The van der Waals surface area contributed by atoms with E-state index in [9.17, 15) is 24.6 Å². The van der Waals surface area contributed by atoms with Crippen molar-refractivity contribution in [3.8, 4) is 6.07 Å². The predicted molar refractivity (Wildman–Crippen MR) is 134 cm³/mol. The first-order chi connectivity index (χ1) is 17.5. The Bertz CT molecular complexity index is 1260. The number of Topliss-reactive ketones (excluding diaryl/α,β-unsaturated/α-hetero) is 1. The summed E-state index contributed by atoms with van der Waals surface area (Å²) >= 11 is 0. The first kappa shape index (κ1) is 25.4. The molecule has 8 nitrogen and oxygen atoms in total. The summed E-state index contributed by atoms with van der Waals surface area (Å²) in [5.41, 5.74) is -1.23. The van der Waals surface area contributed by atoms with Crippen LogP contribution in [-0.4, -0.2) is 46.2 Å². The van der Waals surface area contributed by atoms with Gasteiger partial charge >= 0.3 is 6.09 Å². The second-order valence-corrected chi connectivity index (χ2v) is 11.4. The average Bonchev–Trinajstić information content (AvgIpc) is 3.13. The summed E-state index contributed by atoms with van der Waals surface area (Å²) in [6.45, 7) is 3.36. The highest BCUT2D eigenvalue weighted by molar-refractivity contribution is 6.01. The van der Waals surface area contributed by atoms with E-state index in [1.54, 1.807) is 30.4 Å². The Morgan fingerprint density at radius 3 is 2.81 bits per heavy atom. The fourth-order valence-electron chi connectivity index (χ4n) is 7.86. The maximum Gasteiger partial charge on any atom is 0.412 e. The number of ether oxygens (including phenoxy) is 1. The van der Waals surface area contributed by atoms with Crippen LogP contribution in [0.15, 0.2) is 48.1 Å². The number of nitrogens with zero attached hydrogens (tertiary/aromatic N) is 1. The molecule has 1 aromatic carbocycles. The van der Waals surface area contributed by atoms with Crippen LogP contribution in [0.25, 0.3) is 0 Å². The van der Waals surface area contributed by atoms with Gasteiger partial charge in [0.15, 0.2) is 12.4 Å². The van der Waals surface area contributed by atoms with Gasteiger partial charge in [0.2, 0.25) is 5.78 Å². The van der Waals surface area contributed by atoms with Gasteiger partial charge in [-0.05, 0) is 74.3 Å². The standard InChI is InChI=1S/C29H32N2O6/c1-27-10-8-20(32)13-18(27)6-7-21-22-9-11-29(36,28(22,2)14-23(33)25(21)27)24(34)16-37-26(35)31-19-5-3-4-17(12-19)15-30/h3-5,8,10,12-13,21-23,25,33,36H,6-7,9,11,14,16H2,1-2H3,(H,31,35)/t21?,22?,23-,25?,27?,28?,29-/m0/s1. The summed E-state index contributed by atoms with van der Waals surface area (Å²) in [5.74, 6) is -0.592. The lowest BCUT2D eigenvalue weighted by atomic mass is 9.46. The molecule has 3 N–H and O–H groups in total. The second kappa shape index (κ2) is 8.93. The van der Waals surface area contributed by atoms with E-state index in [2.05, 4.69) is 12.2 Å². The van der Waals surface area contributed by atoms with Gasteiger partial charge < -0.3 is 14.9 Å². The Morgan fingerprint density at radius 2 is 2.05 bits per heavy atom. The van der Waals surface area contributed by atoms with E-state index in [0.29, 0.717) is 17.7 Å². The van der Waals surface area contributed by atoms with Crippen LogP contribution in [-0.2, 0) is 14.3 Å². The van der Waals surface area contributed by atoms with Crippen LogP contribution in [0.2, 0.25) is 0 Å². The van der Waals surface area contributed by atoms with Crippen LogP contribution < -0.4 is 5.32 Å². The normalized spacial score (nSPS) is 37.9. The summed E-state index contributed by atoms with van der Waals surface area (Å²) in [7, 11) is 0. The number of carbonyl (C=O) groups excluding carboxylic acids is 3. The molecule has 0 radical (unpaired) electrons. The number of carbonyl (C=O) groups is 3. The van der Waals surface area contributed by atoms with E-state index in [1.807, 2.05) is 19.1 Å². The number of anilines is 1. The highest BCUT2D eigenvalue weighted by Crippen LogP contribution is 2.67. The molecular weight excluding hydrogens is 472 g/mol. The van der Waals surface area contributed by atoms with E-state index in [-0.39, 0.29) is 36.4 Å². The molecule has 0 spiro atoms. The van der Waals surface area contributed by atoms with Gasteiger partial charge in [0, 0.05) is 22.4 Å². The van der Waals surface area contributed by atoms with Crippen LogP contribution in [0.5, 0.6) is 0 Å². The van der Waals surface area contributed by atoms with E-state index in [1.165, 1.54) is 6.07 Å². The number of hydrogen-bond acceptors (Lipinski definition) is 7. The zero-order chi connectivity index (χ0) is 26.6. The number of nitrogens with one attached hydrogen (secondary N) is 1. The summed E-state index contributed by atoms with van der Waals surface area (Å²) in [5, 5.41) is 34.7. The second-order valence-electron chi connectivity index (χ2n) is 11.4. The largest absolute Gasteiger partial charge is 0.441 e. The SMILES string of the molecule is CC12C=CC(=O)C=C1CCC1C2[C@@H](O)CC2(C)C1CC[C@]2(O)C(=O)COC(=O)Nc1cccc(C#N)c1. The smallest absolute Gasteiger partial charge is 0.412 e. The van der Waals surface area contributed by atoms with E-state index in [0.717, 1.165) is 18.4 Å². The number of hydrogen-bond donors (Lipinski definition) is 3. The van der Waals surface area contributed by atoms with E-state index < -0.39 is 41.0 Å². The maximum atomic E-state index is 13.3. The third-order valence-electron chi connectivity index (χ3n) is 9.68. The molecule has 7 atom stereocenters. The number of ketones is 2. The fourth-order valence-corrected chi connectivity index (χ4v) is 7.86. The number of aliphatic hydroxyl groups is 2. The minimum absolute atomic E-state index is 0.0156.